The number of carbonyl (C=O) groups is 3. The molecular formula is C13H18N2O4S. The molecule has 0 aliphatic carbocycles. The van der Waals surface area contributed by atoms with Gasteiger partial charge in [-0.3, -0.25) is 14.4 Å². The van der Waals surface area contributed by atoms with Crippen molar-refractivity contribution in [1.82, 2.24) is 5.32 Å². The minimum absolute atomic E-state index is 0.0562. The first-order chi connectivity index (χ1) is 9.31. The van der Waals surface area contributed by atoms with E-state index in [2.05, 4.69) is 10.6 Å². The number of carbonyl (C=O) groups excluding carboxylic acids is 2. The van der Waals surface area contributed by atoms with Crippen molar-refractivity contribution in [3.8, 4) is 0 Å². The van der Waals surface area contributed by atoms with Gasteiger partial charge in [0.25, 0.3) is 5.91 Å². The molecule has 0 aromatic carbocycles. The predicted molar refractivity (Wildman–Crippen MR) is 77.1 cm³/mol. The predicted octanol–water partition coefficient (Wildman–Crippen LogP) is 1.86. The Hall–Kier alpha value is -1.89. The van der Waals surface area contributed by atoms with Gasteiger partial charge in [-0.1, -0.05) is 13.8 Å². The number of anilines is 1. The van der Waals surface area contributed by atoms with Crippen LogP contribution in [0, 0.1) is 12.8 Å². The van der Waals surface area contributed by atoms with Crippen molar-refractivity contribution in [2.75, 3.05) is 11.9 Å². The van der Waals surface area contributed by atoms with Gasteiger partial charge < -0.3 is 15.7 Å². The van der Waals surface area contributed by atoms with E-state index < -0.39 is 5.97 Å². The van der Waals surface area contributed by atoms with Crippen molar-refractivity contribution < 1.29 is 19.5 Å². The minimum Gasteiger partial charge on any atom is -0.481 e. The van der Waals surface area contributed by atoms with Crippen LogP contribution in [0.1, 0.15) is 35.5 Å². The van der Waals surface area contributed by atoms with Crippen LogP contribution in [0.15, 0.2) is 6.07 Å². The molecule has 1 aromatic heterocycles. The molecule has 1 rings (SSSR count). The molecule has 0 bridgehead atoms. The van der Waals surface area contributed by atoms with Gasteiger partial charge in [0.15, 0.2) is 0 Å². The molecule has 0 aliphatic rings. The largest absolute Gasteiger partial charge is 0.481 e. The highest BCUT2D eigenvalue weighted by molar-refractivity contribution is 7.16. The summed E-state index contributed by atoms with van der Waals surface area (Å²) in [5.74, 6) is -1.69. The molecule has 2 amide bonds. The first kappa shape index (κ1) is 16.2. The Kier molecular flexibility index (Phi) is 5.69. The second-order valence-electron chi connectivity index (χ2n) is 4.64. The number of carboxylic acids is 1. The van der Waals surface area contributed by atoms with E-state index in [1.807, 2.05) is 6.92 Å². The lowest BCUT2D eigenvalue weighted by atomic mass is 10.2. The van der Waals surface area contributed by atoms with Gasteiger partial charge in [0, 0.05) is 17.3 Å². The van der Waals surface area contributed by atoms with Crippen LogP contribution >= 0.6 is 11.3 Å². The van der Waals surface area contributed by atoms with Crippen LogP contribution in [-0.4, -0.2) is 29.4 Å². The van der Waals surface area contributed by atoms with Crippen molar-refractivity contribution in [2.24, 2.45) is 5.92 Å². The molecule has 7 heteroatoms. The molecule has 1 aromatic rings. The van der Waals surface area contributed by atoms with E-state index in [0.29, 0.717) is 10.6 Å². The molecule has 0 saturated heterocycles. The summed E-state index contributed by atoms with van der Waals surface area (Å²) < 4.78 is 0. The lowest BCUT2D eigenvalue weighted by molar-refractivity contribution is -0.136. The third kappa shape index (κ3) is 4.65. The van der Waals surface area contributed by atoms with E-state index in [4.69, 9.17) is 5.11 Å². The number of amides is 2. The van der Waals surface area contributed by atoms with E-state index >= 15 is 0 Å². The molecule has 0 saturated carbocycles. The number of aliphatic carboxylic acids is 1. The number of rotatable bonds is 6. The fourth-order valence-corrected chi connectivity index (χ4v) is 2.32. The third-order valence-electron chi connectivity index (χ3n) is 2.49. The van der Waals surface area contributed by atoms with Crippen LogP contribution in [-0.2, 0) is 9.59 Å². The summed E-state index contributed by atoms with van der Waals surface area (Å²) in [4.78, 5) is 34.9. The van der Waals surface area contributed by atoms with E-state index in [0.717, 1.165) is 4.88 Å². The smallest absolute Gasteiger partial charge is 0.305 e. The molecular weight excluding hydrogens is 280 g/mol. The van der Waals surface area contributed by atoms with E-state index in [9.17, 15) is 14.4 Å². The highest BCUT2D eigenvalue weighted by Crippen LogP contribution is 2.28. The molecule has 3 N–H and O–H groups in total. The summed E-state index contributed by atoms with van der Waals surface area (Å²) in [6.07, 6.45) is -0.136. The van der Waals surface area contributed by atoms with Crippen molar-refractivity contribution in [3.63, 3.8) is 0 Å². The SMILES string of the molecule is Cc1cc(C(=O)NCCC(=O)O)c(NC(=O)C(C)C)s1. The molecule has 0 atom stereocenters. The zero-order valence-corrected chi connectivity index (χ0v) is 12.5. The number of thiophene rings is 1. The topological polar surface area (TPSA) is 95.5 Å². The van der Waals surface area contributed by atoms with Gasteiger partial charge >= 0.3 is 5.97 Å². The second kappa shape index (κ2) is 7.04. The number of hydrogen-bond donors (Lipinski definition) is 3. The van der Waals surface area contributed by atoms with Gasteiger partial charge in [0.1, 0.15) is 5.00 Å². The van der Waals surface area contributed by atoms with Crippen molar-refractivity contribution in [3.05, 3.63) is 16.5 Å². The van der Waals surface area contributed by atoms with Gasteiger partial charge in [-0.05, 0) is 13.0 Å². The first-order valence-corrected chi connectivity index (χ1v) is 7.04. The van der Waals surface area contributed by atoms with Crippen LogP contribution in [0.25, 0.3) is 0 Å². The molecule has 1 heterocycles. The maximum atomic E-state index is 12.0. The van der Waals surface area contributed by atoms with Crippen LogP contribution in [0.3, 0.4) is 0 Å². The second-order valence-corrected chi connectivity index (χ2v) is 5.90. The third-order valence-corrected chi connectivity index (χ3v) is 3.45. The van der Waals surface area contributed by atoms with Gasteiger partial charge in [0.2, 0.25) is 5.91 Å². The lowest BCUT2D eigenvalue weighted by Crippen LogP contribution is -2.27. The Balaban J connectivity index is 2.76. The molecule has 0 unspecified atom stereocenters. The average Bonchev–Trinajstić information content (AvgIpc) is 2.69. The Morgan fingerprint density at radius 1 is 1.35 bits per heavy atom. The maximum Gasteiger partial charge on any atom is 0.305 e. The summed E-state index contributed by atoms with van der Waals surface area (Å²) >= 11 is 1.32. The number of hydrogen-bond acceptors (Lipinski definition) is 4. The first-order valence-electron chi connectivity index (χ1n) is 6.22. The molecule has 6 nitrogen and oxygen atoms in total. The number of aryl methyl sites for hydroxylation is 1. The highest BCUT2D eigenvalue weighted by Gasteiger charge is 2.18. The van der Waals surface area contributed by atoms with Crippen LogP contribution < -0.4 is 10.6 Å². The standard InChI is InChI=1S/C13H18N2O4S/c1-7(2)11(18)15-13-9(6-8(3)20-13)12(19)14-5-4-10(16)17/h6-7H,4-5H2,1-3H3,(H,14,19)(H,15,18)(H,16,17). The lowest BCUT2D eigenvalue weighted by Gasteiger charge is -2.08. The van der Waals surface area contributed by atoms with Gasteiger partial charge in [0.05, 0.1) is 12.0 Å². The summed E-state index contributed by atoms with van der Waals surface area (Å²) in [6, 6.07) is 1.68. The average molecular weight is 298 g/mol. The number of carboxylic acid groups (broad SMARTS) is 1. The summed E-state index contributed by atoms with van der Waals surface area (Å²) in [5, 5.41) is 14.3. The monoisotopic (exact) mass is 298 g/mol. The Morgan fingerprint density at radius 3 is 2.55 bits per heavy atom. The fourth-order valence-electron chi connectivity index (χ4n) is 1.41. The maximum absolute atomic E-state index is 12.0. The minimum atomic E-state index is -0.972. The highest BCUT2D eigenvalue weighted by atomic mass is 32.1. The quantitative estimate of drug-likeness (QED) is 0.747. The Morgan fingerprint density at radius 2 is 2.00 bits per heavy atom. The Bertz CT molecular complexity index is 522. The van der Waals surface area contributed by atoms with Crippen LogP contribution in [0.5, 0.6) is 0 Å². The van der Waals surface area contributed by atoms with Gasteiger partial charge in [-0.15, -0.1) is 11.3 Å². The summed E-state index contributed by atoms with van der Waals surface area (Å²) in [7, 11) is 0. The van der Waals surface area contributed by atoms with Crippen LogP contribution in [0.4, 0.5) is 5.00 Å². The van der Waals surface area contributed by atoms with E-state index in [-0.39, 0.29) is 30.7 Å². The normalized spacial score (nSPS) is 10.4. The molecule has 0 aliphatic heterocycles. The van der Waals surface area contributed by atoms with Crippen molar-refractivity contribution in [1.29, 1.82) is 0 Å². The van der Waals surface area contributed by atoms with E-state index in [1.54, 1.807) is 19.9 Å². The molecule has 20 heavy (non-hydrogen) atoms. The van der Waals surface area contributed by atoms with Gasteiger partial charge in [-0.2, -0.15) is 0 Å². The van der Waals surface area contributed by atoms with Crippen LogP contribution in [0.2, 0.25) is 0 Å². The van der Waals surface area contributed by atoms with Crippen molar-refractivity contribution >= 4 is 34.1 Å². The van der Waals surface area contributed by atoms with E-state index in [1.165, 1.54) is 11.3 Å². The zero-order valence-electron chi connectivity index (χ0n) is 11.6. The Labute approximate surface area is 121 Å². The summed E-state index contributed by atoms with van der Waals surface area (Å²) in [5.41, 5.74) is 0.367. The fraction of sp³-hybridized carbons (Fsp3) is 0.462. The molecule has 0 spiro atoms. The molecule has 0 radical (unpaired) electrons. The molecule has 110 valence electrons. The van der Waals surface area contributed by atoms with Crippen molar-refractivity contribution in [2.45, 2.75) is 27.2 Å². The number of nitrogens with one attached hydrogen (secondary N) is 2. The summed E-state index contributed by atoms with van der Waals surface area (Å²) in [6.45, 7) is 5.43. The van der Waals surface area contributed by atoms with Gasteiger partial charge in [-0.25, -0.2) is 0 Å². The molecule has 0 fully saturated rings. The zero-order chi connectivity index (χ0) is 15.3.